The first-order chi connectivity index (χ1) is 7.20. The summed E-state index contributed by atoms with van der Waals surface area (Å²) in [6.07, 6.45) is 3.47. The van der Waals surface area contributed by atoms with E-state index >= 15 is 0 Å². The zero-order valence-electron chi connectivity index (χ0n) is 9.75. The first kappa shape index (κ1) is 10.4. The third-order valence-corrected chi connectivity index (χ3v) is 3.16. The summed E-state index contributed by atoms with van der Waals surface area (Å²) in [6, 6.07) is 9.56. The molecule has 0 spiro atoms. The van der Waals surface area contributed by atoms with Gasteiger partial charge >= 0.3 is 0 Å². The summed E-state index contributed by atoms with van der Waals surface area (Å²) < 4.78 is 0. The van der Waals surface area contributed by atoms with E-state index in [9.17, 15) is 0 Å². The minimum Gasteiger partial charge on any atom is -0.313 e. The number of nitrogens with one attached hydrogen (secondary N) is 1. The summed E-state index contributed by atoms with van der Waals surface area (Å²) in [5, 5.41) is 3.25. The fourth-order valence-electron chi connectivity index (χ4n) is 1.93. The summed E-state index contributed by atoms with van der Waals surface area (Å²) in [7, 11) is 2.01. The third-order valence-electron chi connectivity index (χ3n) is 3.16. The second-order valence-corrected chi connectivity index (χ2v) is 4.57. The second kappa shape index (κ2) is 4.19. The van der Waals surface area contributed by atoms with E-state index in [0.29, 0.717) is 12.0 Å². The summed E-state index contributed by atoms with van der Waals surface area (Å²) >= 11 is 0. The molecule has 0 saturated carbocycles. The zero-order valence-corrected chi connectivity index (χ0v) is 9.75. The van der Waals surface area contributed by atoms with Crippen molar-refractivity contribution < 1.29 is 0 Å². The molecule has 1 atom stereocenters. The zero-order chi connectivity index (χ0) is 10.8. The number of hydrogen-bond donors (Lipinski definition) is 1. The molecule has 80 valence electrons. The van der Waals surface area contributed by atoms with Gasteiger partial charge in [0, 0.05) is 6.04 Å². The van der Waals surface area contributed by atoms with Crippen LogP contribution in [0, 0.1) is 0 Å². The monoisotopic (exact) mass is 201 g/mol. The molecule has 1 heteroatoms. The molecule has 1 nitrogen and oxygen atoms in total. The largest absolute Gasteiger partial charge is 0.313 e. The van der Waals surface area contributed by atoms with Crippen LogP contribution < -0.4 is 5.32 Å². The van der Waals surface area contributed by atoms with E-state index in [4.69, 9.17) is 0 Å². The molecule has 0 fully saturated rings. The van der Waals surface area contributed by atoms with E-state index in [1.54, 1.807) is 0 Å². The summed E-state index contributed by atoms with van der Waals surface area (Å²) in [5.74, 6) is 0.625. The molecular weight excluding hydrogens is 182 g/mol. The highest BCUT2D eigenvalue weighted by Crippen LogP contribution is 2.29. The van der Waals surface area contributed by atoms with E-state index < -0.39 is 0 Å². The van der Waals surface area contributed by atoms with Crippen LogP contribution in [0.15, 0.2) is 30.3 Å². The summed E-state index contributed by atoms with van der Waals surface area (Å²) in [4.78, 5) is 0. The molecule has 0 unspecified atom stereocenters. The Balaban J connectivity index is 2.12. The van der Waals surface area contributed by atoms with Crippen molar-refractivity contribution in [1.29, 1.82) is 0 Å². The minimum atomic E-state index is 0.588. The van der Waals surface area contributed by atoms with Crippen LogP contribution in [0.1, 0.15) is 37.3 Å². The molecule has 15 heavy (non-hydrogen) atoms. The summed E-state index contributed by atoms with van der Waals surface area (Å²) in [6.45, 7) is 4.46. The summed E-state index contributed by atoms with van der Waals surface area (Å²) in [5.41, 5.74) is 4.28. The van der Waals surface area contributed by atoms with Gasteiger partial charge in [0.1, 0.15) is 0 Å². The van der Waals surface area contributed by atoms with E-state index in [-0.39, 0.29) is 0 Å². The predicted molar refractivity (Wildman–Crippen MR) is 66.0 cm³/mol. The lowest BCUT2D eigenvalue weighted by molar-refractivity contribution is 0.648. The topological polar surface area (TPSA) is 12.0 Å². The van der Waals surface area contributed by atoms with Crippen molar-refractivity contribution in [2.24, 2.45) is 0 Å². The van der Waals surface area contributed by atoms with Crippen LogP contribution in [-0.4, -0.2) is 13.1 Å². The van der Waals surface area contributed by atoms with Crippen molar-refractivity contribution in [1.82, 2.24) is 5.32 Å². The Labute approximate surface area is 92.2 Å². The van der Waals surface area contributed by atoms with Crippen LogP contribution in [0.3, 0.4) is 0 Å². The number of benzene rings is 1. The molecule has 1 aliphatic rings. The SMILES string of the molecule is CN[C@@H]1C=C(c2ccc(C(C)C)cc2)C1. The average Bonchev–Trinajstić information content (AvgIpc) is 2.17. The second-order valence-electron chi connectivity index (χ2n) is 4.57. The Bertz CT molecular complexity index is 359. The van der Waals surface area contributed by atoms with Gasteiger partial charge in [-0.05, 0) is 36.1 Å². The van der Waals surface area contributed by atoms with Crippen molar-refractivity contribution in [2.75, 3.05) is 7.05 Å². The van der Waals surface area contributed by atoms with Gasteiger partial charge in [0.05, 0.1) is 0 Å². The van der Waals surface area contributed by atoms with Gasteiger partial charge in [-0.15, -0.1) is 0 Å². The van der Waals surface area contributed by atoms with Crippen LogP contribution in [-0.2, 0) is 0 Å². The molecule has 0 saturated heterocycles. The maximum Gasteiger partial charge on any atom is 0.0293 e. The molecule has 2 rings (SSSR count). The van der Waals surface area contributed by atoms with Gasteiger partial charge in [-0.1, -0.05) is 44.2 Å². The Morgan fingerprint density at radius 2 is 1.80 bits per heavy atom. The van der Waals surface area contributed by atoms with Gasteiger partial charge in [-0.25, -0.2) is 0 Å². The first-order valence-electron chi connectivity index (χ1n) is 5.69. The maximum absolute atomic E-state index is 3.25. The van der Waals surface area contributed by atoms with Gasteiger partial charge in [-0.3, -0.25) is 0 Å². The van der Waals surface area contributed by atoms with E-state index in [0.717, 1.165) is 6.42 Å². The van der Waals surface area contributed by atoms with Crippen LogP contribution in [0.25, 0.3) is 5.57 Å². The van der Waals surface area contributed by atoms with Crippen molar-refractivity contribution in [3.8, 4) is 0 Å². The van der Waals surface area contributed by atoms with Crippen LogP contribution in [0.2, 0.25) is 0 Å². The molecular formula is C14H19N. The molecule has 0 bridgehead atoms. The van der Waals surface area contributed by atoms with E-state index in [2.05, 4.69) is 49.5 Å². The Morgan fingerprint density at radius 3 is 2.27 bits per heavy atom. The Morgan fingerprint density at radius 1 is 1.20 bits per heavy atom. The molecule has 0 radical (unpaired) electrons. The van der Waals surface area contributed by atoms with Crippen molar-refractivity contribution >= 4 is 5.57 Å². The number of likely N-dealkylation sites (N-methyl/N-ethyl adjacent to an activating group) is 1. The fraction of sp³-hybridized carbons (Fsp3) is 0.429. The van der Waals surface area contributed by atoms with Crippen molar-refractivity contribution in [3.05, 3.63) is 41.5 Å². The van der Waals surface area contributed by atoms with Crippen molar-refractivity contribution in [3.63, 3.8) is 0 Å². The normalized spacial score (nSPS) is 20.0. The number of rotatable bonds is 3. The lowest BCUT2D eigenvalue weighted by Gasteiger charge is -2.25. The van der Waals surface area contributed by atoms with Crippen LogP contribution in [0.4, 0.5) is 0 Å². The highest BCUT2D eigenvalue weighted by atomic mass is 14.9. The smallest absolute Gasteiger partial charge is 0.0293 e. The minimum absolute atomic E-state index is 0.588. The lowest BCUT2D eigenvalue weighted by Crippen LogP contribution is -2.29. The molecule has 0 aromatic heterocycles. The average molecular weight is 201 g/mol. The molecule has 0 amide bonds. The van der Waals surface area contributed by atoms with Gasteiger partial charge in [-0.2, -0.15) is 0 Å². The lowest BCUT2D eigenvalue weighted by atomic mass is 9.87. The standard InChI is InChI=1S/C14H19N/c1-10(2)11-4-6-12(7-5-11)13-8-14(9-13)15-3/h4-8,10,14-15H,9H2,1-3H3/t14-/m1/s1. The molecule has 1 aromatic carbocycles. The molecule has 1 N–H and O–H groups in total. The molecule has 1 aromatic rings. The highest BCUT2D eigenvalue weighted by Gasteiger charge is 2.17. The van der Waals surface area contributed by atoms with Gasteiger partial charge in [0.15, 0.2) is 0 Å². The van der Waals surface area contributed by atoms with E-state index in [1.807, 2.05) is 7.05 Å². The maximum atomic E-state index is 3.25. The molecule has 1 aliphatic carbocycles. The van der Waals surface area contributed by atoms with Gasteiger partial charge in [0.2, 0.25) is 0 Å². The molecule has 0 aliphatic heterocycles. The molecule has 0 heterocycles. The van der Waals surface area contributed by atoms with E-state index in [1.165, 1.54) is 16.7 Å². The third kappa shape index (κ3) is 2.13. The van der Waals surface area contributed by atoms with Gasteiger partial charge in [0.25, 0.3) is 0 Å². The Kier molecular flexibility index (Phi) is 2.92. The Hall–Kier alpha value is -1.08. The quantitative estimate of drug-likeness (QED) is 0.792. The fourth-order valence-corrected chi connectivity index (χ4v) is 1.93. The first-order valence-corrected chi connectivity index (χ1v) is 5.69. The number of hydrogen-bond acceptors (Lipinski definition) is 1. The van der Waals surface area contributed by atoms with Crippen LogP contribution >= 0.6 is 0 Å². The van der Waals surface area contributed by atoms with Crippen molar-refractivity contribution in [2.45, 2.75) is 32.2 Å². The highest BCUT2D eigenvalue weighted by molar-refractivity contribution is 5.72. The predicted octanol–water partition coefficient (Wildman–Crippen LogP) is 3.19. The van der Waals surface area contributed by atoms with Gasteiger partial charge < -0.3 is 5.32 Å². The van der Waals surface area contributed by atoms with Crippen LogP contribution in [0.5, 0.6) is 0 Å².